The minimum atomic E-state index is -0.611. The van der Waals surface area contributed by atoms with E-state index in [9.17, 15) is 4.79 Å². The van der Waals surface area contributed by atoms with Gasteiger partial charge in [-0.15, -0.1) is 0 Å². The molecule has 0 aliphatic carbocycles. The number of esters is 1. The first-order valence-electron chi connectivity index (χ1n) is 4.46. The molecule has 0 aliphatic rings. The quantitative estimate of drug-likeness (QED) is 0.806. The number of carbonyl (C=O) groups excluding carboxylic acids is 1. The number of ether oxygens (including phenoxy) is 1. The van der Waals surface area contributed by atoms with Gasteiger partial charge in [0.05, 0.1) is 12.2 Å². The molecule has 0 bridgehead atoms. The van der Waals surface area contributed by atoms with E-state index >= 15 is 0 Å². The van der Waals surface area contributed by atoms with E-state index in [4.69, 9.17) is 13.7 Å². The number of hydrogen-bond acceptors (Lipinski definition) is 6. The predicted octanol–water partition coefficient (Wildman–Crippen LogP) is 2.27. The summed E-state index contributed by atoms with van der Waals surface area (Å²) in [6.07, 6.45) is 1.44. The number of hydrogen-bond donors (Lipinski definition) is 0. The van der Waals surface area contributed by atoms with Crippen LogP contribution < -0.4 is 0 Å². The van der Waals surface area contributed by atoms with Crippen LogP contribution >= 0.6 is 15.9 Å². The van der Waals surface area contributed by atoms with Crippen molar-refractivity contribution in [1.29, 1.82) is 0 Å². The van der Waals surface area contributed by atoms with Crippen molar-refractivity contribution in [2.45, 2.75) is 6.92 Å². The van der Waals surface area contributed by atoms with Crippen LogP contribution in [0.4, 0.5) is 0 Å². The van der Waals surface area contributed by atoms with E-state index in [1.54, 1.807) is 13.0 Å². The minimum Gasteiger partial charge on any atom is -0.460 e. The van der Waals surface area contributed by atoms with E-state index in [0.29, 0.717) is 10.2 Å². The third-order valence-electron chi connectivity index (χ3n) is 1.70. The maximum Gasteiger partial charge on any atom is 0.379 e. The Kier molecular flexibility index (Phi) is 3.04. The van der Waals surface area contributed by atoms with E-state index in [1.165, 1.54) is 6.26 Å². The lowest BCUT2D eigenvalue weighted by atomic mass is 10.3. The summed E-state index contributed by atoms with van der Waals surface area (Å²) >= 11 is 3.14. The largest absolute Gasteiger partial charge is 0.460 e. The monoisotopic (exact) mass is 286 g/mol. The summed E-state index contributed by atoms with van der Waals surface area (Å²) < 4.78 is 15.2. The molecular formula is C9H7BrN2O4. The van der Waals surface area contributed by atoms with Gasteiger partial charge < -0.3 is 13.7 Å². The van der Waals surface area contributed by atoms with Crippen molar-refractivity contribution in [3.63, 3.8) is 0 Å². The third-order valence-corrected chi connectivity index (χ3v) is 2.11. The van der Waals surface area contributed by atoms with Crippen LogP contribution in [0.1, 0.15) is 17.5 Å². The first-order chi connectivity index (χ1) is 7.70. The van der Waals surface area contributed by atoms with Crippen LogP contribution in [0.5, 0.6) is 0 Å². The highest BCUT2D eigenvalue weighted by molar-refractivity contribution is 9.10. The zero-order chi connectivity index (χ0) is 11.5. The molecule has 0 aliphatic heterocycles. The molecule has 0 radical (unpaired) electrons. The van der Waals surface area contributed by atoms with E-state index in [2.05, 4.69) is 26.1 Å². The average Bonchev–Trinajstić information content (AvgIpc) is 2.85. The van der Waals surface area contributed by atoms with Crippen molar-refractivity contribution in [2.24, 2.45) is 0 Å². The highest BCUT2D eigenvalue weighted by atomic mass is 79.9. The molecule has 0 atom stereocenters. The second kappa shape index (κ2) is 4.48. The smallest absolute Gasteiger partial charge is 0.379 e. The molecule has 0 fully saturated rings. The lowest BCUT2D eigenvalue weighted by Gasteiger charge is -1.93. The molecular weight excluding hydrogens is 280 g/mol. The Labute approximate surface area is 98.7 Å². The first kappa shape index (κ1) is 10.9. The number of carbonyl (C=O) groups is 1. The van der Waals surface area contributed by atoms with E-state index in [1.807, 2.05) is 0 Å². The molecule has 0 spiro atoms. The standard InChI is InChI=1S/C9H7BrN2O4/c1-2-14-9(13)7-11-8(16-12-7)5-3-6(10)15-4-5/h3-4H,2H2,1H3. The number of rotatable bonds is 3. The fraction of sp³-hybridized carbons (Fsp3) is 0.222. The topological polar surface area (TPSA) is 78.4 Å². The van der Waals surface area contributed by atoms with E-state index < -0.39 is 5.97 Å². The zero-order valence-corrected chi connectivity index (χ0v) is 9.85. The summed E-state index contributed by atoms with van der Waals surface area (Å²) in [6.45, 7) is 1.96. The highest BCUT2D eigenvalue weighted by Crippen LogP contribution is 2.23. The van der Waals surface area contributed by atoms with Gasteiger partial charge in [0.1, 0.15) is 6.26 Å². The number of furan rings is 1. The van der Waals surface area contributed by atoms with Crippen LogP contribution in [-0.4, -0.2) is 22.7 Å². The Bertz CT molecular complexity index is 505. The third kappa shape index (κ3) is 2.13. The van der Waals surface area contributed by atoms with E-state index in [0.717, 1.165) is 0 Å². The van der Waals surface area contributed by atoms with Crippen molar-refractivity contribution >= 4 is 21.9 Å². The van der Waals surface area contributed by atoms with Gasteiger partial charge in [0.25, 0.3) is 11.7 Å². The molecule has 0 N–H and O–H groups in total. The van der Waals surface area contributed by atoms with Crippen molar-refractivity contribution < 1.29 is 18.5 Å². The predicted molar refractivity (Wildman–Crippen MR) is 55.7 cm³/mol. The summed E-state index contributed by atoms with van der Waals surface area (Å²) in [5.74, 6) is -0.508. The van der Waals surface area contributed by atoms with Crippen LogP contribution in [0.2, 0.25) is 0 Å². The fourth-order valence-corrected chi connectivity index (χ4v) is 1.38. The van der Waals surface area contributed by atoms with Gasteiger partial charge in [0.2, 0.25) is 0 Å². The normalized spacial score (nSPS) is 10.4. The Balaban J connectivity index is 2.22. The van der Waals surface area contributed by atoms with Gasteiger partial charge in [-0.1, -0.05) is 0 Å². The second-order valence-electron chi connectivity index (χ2n) is 2.78. The molecule has 16 heavy (non-hydrogen) atoms. The summed E-state index contributed by atoms with van der Waals surface area (Å²) in [6, 6.07) is 1.66. The van der Waals surface area contributed by atoms with Gasteiger partial charge in [-0.25, -0.2) is 4.79 Å². The Morgan fingerprint density at radius 2 is 2.44 bits per heavy atom. The number of halogens is 1. The van der Waals surface area contributed by atoms with Crippen LogP contribution in [0.3, 0.4) is 0 Å². The van der Waals surface area contributed by atoms with Crippen molar-refractivity contribution in [1.82, 2.24) is 10.1 Å². The van der Waals surface area contributed by atoms with Crippen LogP contribution in [-0.2, 0) is 4.74 Å². The highest BCUT2D eigenvalue weighted by Gasteiger charge is 2.17. The van der Waals surface area contributed by atoms with Gasteiger partial charge in [-0.2, -0.15) is 4.98 Å². The van der Waals surface area contributed by atoms with Crippen LogP contribution in [0.15, 0.2) is 25.9 Å². The minimum absolute atomic E-state index is 0.103. The molecule has 0 saturated carbocycles. The molecule has 2 aromatic heterocycles. The molecule has 0 saturated heterocycles. The summed E-state index contributed by atoms with van der Waals surface area (Å²) in [7, 11) is 0. The lowest BCUT2D eigenvalue weighted by Crippen LogP contribution is -2.06. The molecule has 0 unspecified atom stereocenters. The number of nitrogens with zero attached hydrogens (tertiary/aromatic N) is 2. The Hall–Kier alpha value is -1.63. The summed E-state index contributed by atoms with van der Waals surface area (Å²) in [4.78, 5) is 15.1. The maximum absolute atomic E-state index is 11.3. The Morgan fingerprint density at radius 1 is 1.62 bits per heavy atom. The first-order valence-corrected chi connectivity index (χ1v) is 5.25. The summed E-state index contributed by atoms with van der Waals surface area (Å²) in [5.41, 5.74) is 0.593. The van der Waals surface area contributed by atoms with Crippen LogP contribution in [0, 0.1) is 0 Å². The molecule has 6 nitrogen and oxygen atoms in total. The molecule has 0 aromatic carbocycles. The van der Waals surface area contributed by atoms with Gasteiger partial charge in [-0.3, -0.25) is 0 Å². The average molecular weight is 287 g/mol. The molecule has 7 heteroatoms. The lowest BCUT2D eigenvalue weighted by molar-refractivity contribution is 0.0508. The number of aromatic nitrogens is 2. The van der Waals surface area contributed by atoms with Crippen molar-refractivity contribution in [2.75, 3.05) is 6.61 Å². The maximum atomic E-state index is 11.3. The molecule has 2 heterocycles. The molecule has 0 amide bonds. The molecule has 84 valence electrons. The SMILES string of the molecule is CCOC(=O)c1noc(-c2coc(Br)c2)n1. The fourth-order valence-electron chi connectivity index (χ4n) is 1.04. The van der Waals surface area contributed by atoms with Gasteiger partial charge >= 0.3 is 5.97 Å². The van der Waals surface area contributed by atoms with Gasteiger partial charge in [-0.05, 0) is 28.0 Å². The Morgan fingerprint density at radius 3 is 3.06 bits per heavy atom. The zero-order valence-electron chi connectivity index (χ0n) is 8.27. The van der Waals surface area contributed by atoms with E-state index in [-0.39, 0.29) is 18.3 Å². The van der Waals surface area contributed by atoms with Crippen molar-refractivity contribution in [3.05, 3.63) is 22.8 Å². The van der Waals surface area contributed by atoms with Gasteiger partial charge in [0, 0.05) is 6.07 Å². The van der Waals surface area contributed by atoms with Crippen molar-refractivity contribution in [3.8, 4) is 11.5 Å². The molecule has 2 rings (SSSR count). The van der Waals surface area contributed by atoms with Gasteiger partial charge in [0.15, 0.2) is 4.67 Å². The van der Waals surface area contributed by atoms with Crippen LogP contribution in [0.25, 0.3) is 11.5 Å². The summed E-state index contributed by atoms with van der Waals surface area (Å²) in [5, 5.41) is 3.50. The molecule has 2 aromatic rings. The second-order valence-corrected chi connectivity index (χ2v) is 3.56.